The van der Waals surface area contributed by atoms with E-state index in [1.165, 1.54) is 16.0 Å². The predicted molar refractivity (Wildman–Crippen MR) is 67.1 cm³/mol. The van der Waals surface area contributed by atoms with E-state index in [0.29, 0.717) is 0 Å². The molecular formula is C13H13NOS. The van der Waals surface area contributed by atoms with Crippen LogP contribution in [0.5, 0.6) is 5.75 Å². The van der Waals surface area contributed by atoms with E-state index in [1.54, 1.807) is 11.3 Å². The van der Waals surface area contributed by atoms with E-state index >= 15 is 0 Å². The highest BCUT2D eigenvalue weighted by Crippen LogP contribution is 2.44. The van der Waals surface area contributed by atoms with E-state index in [1.807, 2.05) is 19.2 Å². The lowest BCUT2D eigenvalue weighted by Gasteiger charge is -2.26. The van der Waals surface area contributed by atoms with Gasteiger partial charge in [-0.25, -0.2) is 0 Å². The smallest absolute Gasteiger partial charge is 0.146 e. The molecule has 0 amide bonds. The highest BCUT2D eigenvalue weighted by molar-refractivity contribution is 7.10. The third-order valence-corrected chi connectivity index (χ3v) is 3.83. The van der Waals surface area contributed by atoms with Crippen LogP contribution in [0.25, 0.3) is 11.1 Å². The fourth-order valence-corrected chi connectivity index (χ4v) is 3.05. The van der Waals surface area contributed by atoms with Crippen LogP contribution < -0.4 is 10.1 Å². The first-order valence-corrected chi connectivity index (χ1v) is 6.26. The molecule has 0 spiro atoms. The first-order chi connectivity index (χ1) is 7.90. The van der Waals surface area contributed by atoms with Gasteiger partial charge in [0.15, 0.2) is 0 Å². The number of para-hydroxylation sites is 1. The van der Waals surface area contributed by atoms with Gasteiger partial charge in [-0.15, -0.1) is 11.3 Å². The Morgan fingerprint density at radius 1 is 1.25 bits per heavy atom. The molecule has 1 aromatic carbocycles. The Morgan fingerprint density at radius 2 is 2.12 bits per heavy atom. The van der Waals surface area contributed by atoms with Crippen molar-refractivity contribution >= 4 is 11.3 Å². The van der Waals surface area contributed by atoms with E-state index in [0.717, 1.165) is 12.3 Å². The zero-order chi connectivity index (χ0) is 11.0. The summed E-state index contributed by atoms with van der Waals surface area (Å²) in [5, 5.41) is 5.32. The maximum absolute atomic E-state index is 6.01. The Kier molecular flexibility index (Phi) is 2.42. The molecule has 0 fully saturated rings. The fraction of sp³-hybridized carbons (Fsp3) is 0.231. The molecule has 1 unspecified atom stereocenters. The number of likely N-dealkylation sites (N-methyl/N-ethyl adjacent to an activating group) is 1. The Labute approximate surface area is 98.9 Å². The van der Waals surface area contributed by atoms with Crippen molar-refractivity contribution in [2.24, 2.45) is 0 Å². The molecule has 1 aromatic heterocycles. The van der Waals surface area contributed by atoms with Crippen LogP contribution in [0.4, 0.5) is 0 Å². The lowest BCUT2D eigenvalue weighted by molar-refractivity contribution is 0.205. The minimum absolute atomic E-state index is 0.148. The van der Waals surface area contributed by atoms with Crippen LogP contribution in [0, 0.1) is 0 Å². The Balaban J connectivity index is 2.12. The van der Waals surface area contributed by atoms with E-state index in [9.17, 15) is 0 Å². The minimum Gasteiger partial charge on any atom is -0.483 e. The summed E-state index contributed by atoms with van der Waals surface area (Å²) < 4.78 is 6.01. The van der Waals surface area contributed by atoms with E-state index in [-0.39, 0.29) is 6.10 Å². The van der Waals surface area contributed by atoms with Crippen LogP contribution in [-0.2, 0) is 0 Å². The average Bonchev–Trinajstić information content (AvgIpc) is 2.79. The SMILES string of the molecule is CNCC1Oc2ccccc2-c2ccsc21. The quantitative estimate of drug-likeness (QED) is 0.857. The summed E-state index contributed by atoms with van der Waals surface area (Å²) in [4.78, 5) is 1.33. The van der Waals surface area contributed by atoms with Gasteiger partial charge in [-0.05, 0) is 24.6 Å². The number of fused-ring (bicyclic) bond motifs is 3. The zero-order valence-electron chi connectivity index (χ0n) is 9.07. The number of hydrogen-bond acceptors (Lipinski definition) is 3. The second-order valence-electron chi connectivity index (χ2n) is 3.86. The van der Waals surface area contributed by atoms with Crippen molar-refractivity contribution in [3.05, 3.63) is 40.6 Å². The van der Waals surface area contributed by atoms with Crippen LogP contribution in [0.1, 0.15) is 11.0 Å². The van der Waals surface area contributed by atoms with Crippen molar-refractivity contribution in [3.63, 3.8) is 0 Å². The van der Waals surface area contributed by atoms with Gasteiger partial charge in [0.1, 0.15) is 11.9 Å². The van der Waals surface area contributed by atoms with Crippen LogP contribution in [-0.4, -0.2) is 13.6 Å². The molecule has 0 saturated heterocycles. The normalized spacial score (nSPS) is 17.4. The zero-order valence-corrected chi connectivity index (χ0v) is 9.88. The van der Waals surface area contributed by atoms with E-state index < -0.39 is 0 Å². The number of ether oxygens (including phenoxy) is 1. The second kappa shape index (κ2) is 3.92. The molecule has 3 heteroatoms. The summed E-state index contributed by atoms with van der Waals surface area (Å²) in [6, 6.07) is 10.4. The summed E-state index contributed by atoms with van der Waals surface area (Å²) in [7, 11) is 1.96. The molecule has 2 nitrogen and oxygen atoms in total. The van der Waals surface area contributed by atoms with Gasteiger partial charge in [0, 0.05) is 17.7 Å². The Hall–Kier alpha value is -1.32. The molecule has 0 radical (unpaired) electrons. The Morgan fingerprint density at radius 3 is 3.00 bits per heavy atom. The maximum Gasteiger partial charge on any atom is 0.146 e. The van der Waals surface area contributed by atoms with Crippen molar-refractivity contribution in [2.45, 2.75) is 6.10 Å². The van der Waals surface area contributed by atoms with Gasteiger partial charge < -0.3 is 10.1 Å². The van der Waals surface area contributed by atoms with Gasteiger partial charge in [-0.3, -0.25) is 0 Å². The highest BCUT2D eigenvalue weighted by Gasteiger charge is 2.26. The van der Waals surface area contributed by atoms with Gasteiger partial charge in [-0.2, -0.15) is 0 Å². The largest absolute Gasteiger partial charge is 0.483 e. The van der Waals surface area contributed by atoms with Crippen molar-refractivity contribution < 1.29 is 4.74 Å². The molecule has 2 heterocycles. The standard InChI is InChI=1S/C13H13NOS/c1-14-8-12-13-10(6-7-16-13)9-4-2-3-5-11(9)15-12/h2-7,12,14H,8H2,1H3. The molecule has 1 aliphatic rings. The Bertz CT molecular complexity index is 506. The van der Waals surface area contributed by atoms with Crippen LogP contribution in [0.3, 0.4) is 0 Å². The fourth-order valence-electron chi connectivity index (χ4n) is 2.11. The second-order valence-corrected chi connectivity index (χ2v) is 4.81. The van der Waals surface area contributed by atoms with Crippen molar-refractivity contribution in [3.8, 4) is 16.9 Å². The number of thiophene rings is 1. The summed E-state index contributed by atoms with van der Waals surface area (Å²) in [5.74, 6) is 0.994. The third-order valence-electron chi connectivity index (χ3n) is 2.82. The monoisotopic (exact) mass is 231 g/mol. The van der Waals surface area contributed by atoms with Crippen LogP contribution in [0.2, 0.25) is 0 Å². The first-order valence-electron chi connectivity index (χ1n) is 5.38. The summed E-state index contributed by atoms with van der Waals surface area (Å²) in [6.45, 7) is 0.849. The van der Waals surface area contributed by atoms with Crippen molar-refractivity contribution in [2.75, 3.05) is 13.6 Å². The molecule has 0 aliphatic carbocycles. The molecule has 1 N–H and O–H groups in total. The molecule has 0 saturated carbocycles. The molecule has 16 heavy (non-hydrogen) atoms. The van der Waals surface area contributed by atoms with Gasteiger partial charge in [0.05, 0.1) is 4.88 Å². The molecule has 82 valence electrons. The highest BCUT2D eigenvalue weighted by atomic mass is 32.1. The molecule has 1 atom stereocenters. The molecule has 0 bridgehead atoms. The predicted octanol–water partition coefficient (Wildman–Crippen LogP) is 3.07. The van der Waals surface area contributed by atoms with Gasteiger partial charge in [0.25, 0.3) is 0 Å². The summed E-state index contributed by atoms with van der Waals surface area (Å²) >= 11 is 1.77. The number of rotatable bonds is 2. The summed E-state index contributed by atoms with van der Waals surface area (Å²) in [5.41, 5.74) is 2.54. The van der Waals surface area contributed by atoms with Crippen molar-refractivity contribution in [1.29, 1.82) is 0 Å². The molecule has 1 aliphatic heterocycles. The van der Waals surface area contributed by atoms with Gasteiger partial charge in [-0.1, -0.05) is 18.2 Å². The van der Waals surface area contributed by atoms with Crippen molar-refractivity contribution in [1.82, 2.24) is 5.32 Å². The molecule has 2 aromatic rings. The maximum atomic E-state index is 6.01. The first kappa shape index (κ1) is 9.87. The lowest BCUT2D eigenvalue weighted by atomic mass is 10.0. The van der Waals surface area contributed by atoms with Gasteiger partial charge >= 0.3 is 0 Å². The van der Waals surface area contributed by atoms with E-state index in [4.69, 9.17) is 4.74 Å². The van der Waals surface area contributed by atoms with Crippen LogP contribution >= 0.6 is 11.3 Å². The number of nitrogens with one attached hydrogen (secondary N) is 1. The topological polar surface area (TPSA) is 21.3 Å². The minimum atomic E-state index is 0.148. The summed E-state index contributed by atoms with van der Waals surface area (Å²) in [6.07, 6.45) is 0.148. The third kappa shape index (κ3) is 1.44. The molecular weight excluding hydrogens is 218 g/mol. The average molecular weight is 231 g/mol. The van der Waals surface area contributed by atoms with Crippen LogP contribution in [0.15, 0.2) is 35.7 Å². The number of hydrogen-bond donors (Lipinski definition) is 1. The van der Waals surface area contributed by atoms with E-state index in [2.05, 4.69) is 28.9 Å². The number of benzene rings is 1. The van der Waals surface area contributed by atoms with Gasteiger partial charge in [0.2, 0.25) is 0 Å². The lowest BCUT2D eigenvalue weighted by Crippen LogP contribution is -2.23. The molecule has 3 rings (SSSR count).